The van der Waals surface area contributed by atoms with E-state index in [9.17, 15) is 18.4 Å². The van der Waals surface area contributed by atoms with Gasteiger partial charge in [0.1, 0.15) is 12.1 Å². The van der Waals surface area contributed by atoms with E-state index in [1.54, 1.807) is 12.1 Å². The van der Waals surface area contributed by atoms with Gasteiger partial charge in [0.2, 0.25) is 0 Å². The molecule has 0 atom stereocenters. The van der Waals surface area contributed by atoms with Crippen molar-refractivity contribution in [2.75, 3.05) is 13.2 Å². The van der Waals surface area contributed by atoms with E-state index in [1.165, 1.54) is 12.1 Å². The number of benzene rings is 3. The molecule has 184 valence electrons. The lowest BCUT2D eigenvalue weighted by atomic mass is 9.76. The Morgan fingerprint density at radius 3 is 2.44 bits per heavy atom. The topological polar surface area (TPSA) is 61.8 Å². The number of carbonyl (C=O) groups excluding carboxylic acids is 2. The molecule has 2 fully saturated rings. The van der Waals surface area contributed by atoms with Crippen LogP contribution in [0.2, 0.25) is 0 Å². The fourth-order valence-electron chi connectivity index (χ4n) is 5.26. The van der Waals surface area contributed by atoms with Crippen molar-refractivity contribution in [3.8, 4) is 22.6 Å². The second kappa shape index (κ2) is 7.96. The Morgan fingerprint density at radius 2 is 1.75 bits per heavy atom. The number of hydrogen-bond donors (Lipinski definition) is 0. The van der Waals surface area contributed by atoms with Gasteiger partial charge in [0.05, 0.1) is 18.6 Å². The second-order valence-electron chi connectivity index (χ2n) is 10.2. The van der Waals surface area contributed by atoms with Gasteiger partial charge in [-0.15, -0.1) is 8.78 Å². The fourth-order valence-corrected chi connectivity index (χ4v) is 5.26. The zero-order valence-corrected chi connectivity index (χ0v) is 19.7. The third kappa shape index (κ3) is 3.78. The van der Waals surface area contributed by atoms with Gasteiger partial charge in [0.15, 0.2) is 11.5 Å². The molecule has 1 saturated heterocycles. The number of Topliss-reactive ketones (excluding diaryl/α,β-unsaturated/α-hetero) is 1. The standard InChI is InChI=1S/C29H24F2O5/c1-27(16-34-17-27)23-7-5-18(12-22(23)20-4-2-3-19(11-20)15-32)13-26(33)28(9-10-28)21-6-8-24-25(14-21)36-29(30,31)35-24/h2-8,11-12,14-15H,9-10,13,16-17H2,1H3. The Morgan fingerprint density at radius 1 is 0.972 bits per heavy atom. The van der Waals surface area contributed by atoms with Crippen molar-refractivity contribution in [2.45, 2.75) is 43.3 Å². The number of carbonyl (C=O) groups is 2. The Hall–Kier alpha value is -3.58. The van der Waals surface area contributed by atoms with E-state index < -0.39 is 11.7 Å². The average molecular weight is 491 g/mol. The molecule has 36 heavy (non-hydrogen) atoms. The molecule has 0 N–H and O–H groups in total. The minimum Gasteiger partial charge on any atom is -0.395 e. The van der Waals surface area contributed by atoms with Crippen molar-refractivity contribution in [1.82, 2.24) is 0 Å². The summed E-state index contributed by atoms with van der Waals surface area (Å²) in [6, 6.07) is 18.1. The highest BCUT2D eigenvalue weighted by Gasteiger charge is 2.52. The smallest absolute Gasteiger partial charge is 0.395 e. The van der Waals surface area contributed by atoms with Crippen molar-refractivity contribution < 1.29 is 32.6 Å². The predicted molar refractivity (Wildman–Crippen MR) is 128 cm³/mol. The number of rotatable bonds is 7. The van der Waals surface area contributed by atoms with Gasteiger partial charge in [-0.1, -0.05) is 49.4 Å². The molecule has 7 heteroatoms. The minimum absolute atomic E-state index is 0.0294. The lowest BCUT2D eigenvalue weighted by Gasteiger charge is -2.40. The summed E-state index contributed by atoms with van der Waals surface area (Å²) >= 11 is 0. The quantitative estimate of drug-likeness (QED) is 0.403. The molecule has 1 saturated carbocycles. The van der Waals surface area contributed by atoms with Gasteiger partial charge in [0.25, 0.3) is 0 Å². The van der Waals surface area contributed by atoms with E-state index in [0.29, 0.717) is 37.2 Å². The molecule has 3 aromatic carbocycles. The number of fused-ring (bicyclic) bond motifs is 1. The predicted octanol–water partition coefficient (Wildman–Crippen LogP) is 5.62. The Balaban J connectivity index is 1.31. The summed E-state index contributed by atoms with van der Waals surface area (Å²) in [5.74, 6) is -0.0425. The number of halogens is 2. The van der Waals surface area contributed by atoms with Crippen LogP contribution in [0.5, 0.6) is 11.5 Å². The number of ether oxygens (including phenoxy) is 3. The molecule has 3 aromatic rings. The van der Waals surface area contributed by atoms with Crippen molar-refractivity contribution >= 4 is 12.1 Å². The maximum Gasteiger partial charge on any atom is 0.586 e. The van der Waals surface area contributed by atoms with E-state index in [2.05, 4.69) is 22.5 Å². The molecule has 0 bridgehead atoms. The van der Waals surface area contributed by atoms with Crippen LogP contribution in [-0.4, -0.2) is 31.6 Å². The first-order valence-corrected chi connectivity index (χ1v) is 11.9. The van der Waals surface area contributed by atoms with Gasteiger partial charge in [-0.25, -0.2) is 0 Å². The van der Waals surface area contributed by atoms with Crippen molar-refractivity contribution in [3.05, 3.63) is 82.9 Å². The molecule has 0 aromatic heterocycles. The van der Waals surface area contributed by atoms with E-state index in [0.717, 1.165) is 28.5 Å². The molecule has 3 aliphatic rings. The van der Waals surface area contributed by atoms with Gasteiger partial charge in [-0.3, -0.25) is 9.59 Å². The van der Waals surface area contributed by atoms with E-state index in [-0.39, 0.29) is 29.1 Å². The molecular formula is C29H24F2O5. The summed E-state index contributed by atoms with van der Waals surface area (Å²) in [6.45, 7) is 3.36. The number of alkyl halides is 2. The lowest BCUT2D eigenvalue weighted by molar-refractivity contribution is -0.286. The van der Waals surface area contributed by atoms with Crippen LogP contribution < -0.4 is 9.47 Å². The van der Waals surface area contributed by atoms with Gasteiger partial charge in [-0.05, 0) is 58.9 Å². The highest BCUT2D eigenvalue weighted by Crippen LogP contribution is 2.53. The van der Waals surface area contributed by atoms with Crippen molar-refractivity contribution in [1.29, 1.82) is 0 Å². The van der Waals surface area contributed by atoms with Crippen molar-refractivity contribution in [2.24, 2.45) is 0 Å². The molecule has 2 aliphatic heterocycles. The highest BCUT2D eigenvalue weighted by atomic mass is 19.3. The van der Waals surface area contributed by atoms with Crippen LogP contribution >= 0.6 is 0 Å². The van der Waals surface area contributed by atoms with E-state index >= 15 is 0 Å². The van der Waals surface area contributed by atoms with Crippen molar-refractivity contribution in [3.63, 3.8) is 0 Å². The largest absolute Gasteiger partial charge is 0.586 e. The Bertz CT molecular complexity index is 1390. The molecule has 0 radical (unpaired) electrons. The SMILES string of the molecule is CC1(c2ccc(CC(=O)C3(c4ccc5c(c4)OC(F)(F)O5)CC3)cc2-c2cccc(C=O)c2)COC1. The minimum atomic E-state index is -3.69. The van der Waals surface area contributed by atoms with Crippen LogP contribution in [0.3, 0.4) is 0 Å². The van der Waals surface area contributed by atoms with Crippen LogP contribution in [0.25, 0.3) is 11.1 Å². The molecule has 0 spiro atoms. The normalized spacial score (nSPS) is 19.9. The second-order valence-corrected chi connectivity index (χ2v) is 10.2. The zero-order valence-electron chi connectivity index (χ0n) is 19.7. The van der Waals surface area contributed by atoms with Crippen LogP contribution in [-0.2, 0) is 26.8 Å². The van der Waals surface area contributed by atoms with Crippen LogP contribution in [0, 0.1) is 0 Å². The van der Waals surface area contributed by atoms with E-state index in [1.807, 2.05) is 30.3 Å². The summed E-state index contributed by atoms with van der Waals surface area (Å²) < 4.78 is 41.5. The molecule has 2 heterocycles. The maximum absolute atomic E-state index is 13.5. The molecule has 6 rings (SSSR count). The first-order chi connectivity index (χ1) is 17.2. The molecule has 0 unspecified atom stereocenters. The van der Waals surface area contributed by atoms with Crippen LogP contribution in [0.4, 0.5) is 8.78 Å². The third-order valence-electron chi connectivity index (χ3n) is 7.51. The Labute approximate surface area is 207 Å². The van der Waals surface area contributed by atoms with Gasteiger partial charge in [-0.2, -0.15) is 0 Å². The lowest BCUT2D eigenvalue weighted by Crippen LogP contribution is -2.44. The third-order valence-corrected chi connectivity index (χ3v) is 7.51. The Kier molecular flexibility index (Phi) is 5.06. The highest BCUT2D eigenvalue weighted by molar-refractivity contribution is 5.95. The van der Waals surface area contributed by atoms with E-state index in [4.69, 9.17) is 4.74 Å². The number of hydrogen-bond acceptors (Lipinski definition) is 5. The summed E-state index contributed by atoms with van der Waals surface area (Å²) in [7, 11) is 0. The van der Waals surface area contributed by atoms with Crippen LogP contribution in [0.1, 0.15) is 46.8 Å². The molecule has 5 nitrogen and oxygen atoms in total. The molecular weight excluding hydrogens is 466 g/mol. The van der Waals surface area contributed by atoms with Gasteiger partial charge in [0, 0.05) is 17.4 Å². The van der Waals surface area contributed by atoms with Crippen LogP contribution in [0.15, 0.2) is 60.7 Å². The summed E-state index contributed by atoms with van der Waals surface area (Å²) in [6.07, 6.45) is -1.35. The zero-order chi connectivity index (χ0) is 25.1. The summed E-state index contributed by atoms with van der Waals surface area (Å²) in [5.41, 5.74) is 4.27. The summed E-state index contributed by atoms with van der Waals surface area (Å²) in [4.78, 5) is 24.9. The molecule has 0 amide bonds. The first kappa shape index (κ1) is 22.9. The number of ketones is 1. The monoisotopic (exact) mass is 490 g/mol. The molecule has 1 aliphatic carbocycles. The number of aldehydes is 1. The maximum atomic E-state index is 13.5. The van der Waals surface area contributed by atoms with Gasteiger partial charge >= 0.3 is 6.29 Å². The fraction of sp³-hybridized carbons (Fsp3) is 0.310. The van der Waals surface area contributed by atoms with Gasteiger partial charge < -0.3 is 14.2 Å². The summed E-state index contributed by atoms with van der Waals surface area (Å²) in [5, 5.41) is 0. The average Bonchev–Trinajstić information content (AvgIpc) is 3.59. The first-order valence-electron chi connectivity index (χ1n) is 11.9.